The predicted octanol–water partition coefficient (Wildman–Crippen LogP) is 0.888. The summed E-state index contributed by atoms with van der Waals surface area (Å²) in [6, 6.07) is 0. The van der Waals surface area contributed by atoms with E-state index in [2.05, 4.69) is 29.2 Å². The van der Waals surface area contributed by atoms with Crippen molar-refractivity contribution in [2.24, 2.45) is 5.92 Å². The highest BCUT2D eigenvalue weighted by molar-refractivity contribution is 5.66. The molecule has 0 aliphatic heterocycles. The van der Waals surface area contributed by atoms with E-state index in [0.717, 1.165) is 12.4 Å². The van der Waals surface area contributed by atoms with Crippen LogP contribution in [-0.2, 0) is 17.9 Å². The third-order valence-corrected chi connectivity index (χ3v) is 2.26. The van der Waals surface area contributed by atoms with Crippen molar-refractivity contribution in [3.8, 4) is 0 Å². The van der Waals surface area contributed by atoms with Gasteiger partial charge in [-0.25, -0.2) is 9.67 Å². The lowest BCUT2D eigenvalue weighted by Crippen LogP contribution is -2.20. The van der Waals surface area contributed by atoms with E-state index in [9.17, 15) is 4.79 Å². The first kappa shape index (κ1) is 13.6. The van der Waals surface area contributed by atoms with Gasteiger partial charge in [0, 0.05) is 13.0 Å². The fourth-order valence-electron chi connectivity index (χ4n) is 1.49. The molecule has 0 fully saturated rings. The first-order chi connectivity index (χ1) is 8.09. The van der Waals surface area contributed by atoms with Gasteiger partial charge >= 0.3 is 5.97 Å². The van der Waals surface area contributed by atoms with Crippen LogP contribution >= 0.6 is 0 Å². The molecule has 0 bridgehead atoms. The minimum Gasteiger partial charge on any atom is -0.481 e. The molecule has 1 rings (SSSR count). The number of hydrogen-bond donors (Lipinski definition) is 2. The van der Waals surface area contributed by atoms with Crippen LogP contribution in [0, 0.1) is 5.92 Å². The number of aliphatic carboxylic acids is 1. The van der Waals surface area contributed by atoms with Gasteiger partial charge < -0.3 is 10.4 Å². The van der Waals surface area contributed by atoms with E-state index in [4.69, 9.17) is 5.11 Å². The molecular weight excluding hydrogens is 220 g/mol. The zero-order valence-corrected chi connectivity index (χ0v) is 10.4. The third kappa shape index (κ3) is 5.44. The molecule has 0 atom stereocenters. The van der Waals surface area contributed by atoms with Gasteiger partial charge in [-0.3, -0.25) is 4.79 Å². The van der Waals surface area contributed by atoms with Gasteiger partial charge in [-0.15, -0.1) is 0 Å². The number of carbonyl (C=O) groups is 1. The second-order valence-electron chi connectivity index (χ2n) is 4.43. The maximum Gasteiger partial charge on any atom is 0.303 e. The van der Waals surface area contributed by atoms with Crippen molar-refractivity contribution in [2.45, 2.75) is 39.8 Å². The Morgan fingerprint density at radius 3 is 3.00 bits per heavy atom. The van der Waals surface area contributed by atoms with Crippen LogP contribution in [0.3, 0.4) is 0 Å². The summed E-state index contributed by atoms with van der Waals surface area (Å²) in [5.74, 6) is 0.672. The highest BCUT2D eigenvalue weighted by atomic mass is 16.4. The van der Waals surface area contributed by atoms with E-state index in [1.165, 1.54) is 0 Å². The second-order valence-corrected chi connectivity index (χ2v) is 4.43. The van der Waals surface area contributed by atoms with Crippen LogP contribution in [0.2, 0.25) is 0 Å². The van der Waals surface area contributed by atoms with Crippen molar-refractivity contribution >= 4 is 5.97 Å². The molecule has 0 radical (unpaired) electrons. The van der Waals surface area contributed by atoms with Gasteiger partial charge in [0.15, 0.2) is 0 Å². The summed E-state index contributed by atoms with van der Waals surface area (Å²) in [6.45, 7) is 6.43. The second kappa shape index (κ2) is 7.01. The maximum absolute atomic E-state index is 10.3. The zero-order chi connectivity index (χ0) is 12.7. The number of aromatic nitrogens is 3. The summed E-state index contributed by atoms with van der Waals surface area (Å²) in [5.41, 5.74) is 0. The number of nitrogens with one attached hydrogen (secondary N) is 1. The first-order valence-corrected chi connectivity index (χ1v) is 5.88. The van der Waals surface area contributed by atoms with Crippen LogP contribution in [0.15, 0.2) is 6.33 Å². The van der Waals surface area contributed by atoms with E-state index in [1.807, 2.05) is 4.68 Å². The molecular formula is C11H20N4O2. The van der Waals surface area contributed by atoms with Gasteiger partial charge in [-0.2, -0.15) is 5.10 Å². The standard InChI is InChI=1S/C11H20N4O2/c1-9(2)7-15-10(13-8-14-15)6-12-5-3-4-11(16)17/h8-9,12H,3-7H2,1-2H3,(H,16,17). The van der Waals surface area contributed by atoms with Crippen molar-refractivity contribution in [2.75, 3.05) is 6.54 Å². The topological polar surface area (TPSA) is 80.0 Å². The summed E-state index contributed by atoms with van der Waals surface area (Å²) in [7, 11) is 0. The highest BCUT2D eigenvalue weighted by Crippen LogP contribution is 2.00. The molecule has 0 saturated heterocycles. The van der Waals surface area contributed by atoms with Crippen molar-refractivity contribution < 1.29 is 9.90 Å². The Hall–Kier alpha value is -1.43. The van der Waals surface area contributed by atoms with Crippen molar-refractivity contribution in [3.05, 3.63) is 12.2 Å². The van der Waals surface area contributed by atoms with E-state index in [1.54, 1.807) is 6.33 Å². The molecule has 0 aliphatic carbocycles. The first-order valence-electron chi connectivity index (χ1n) is 5.88. The molecule has 0 aromatic carbocycles. The molecule has 1 aromatic heterocycles. The molecule has 96 valence electrons. The molecule has 0 aliphatic rings. The SMILES string of the molecule is CC(C)Cn1ncnc1CNCCCC(=O)O. The molecule has 1 aromatic rings. The Bertz CT molecular complexity index is 349. The summed E-state index contributed by atoms with van der Waals surface area (Å²) in [5, 5.41) is 15.8. The molecule has 0 spiro atoms. The van der Waals surface area contributed by atoms with Gasteiger partial charge in [-0.05, 0) is 18.9 Å². The lowest BCUT2D eigenvalue weighted by Gasteiger charge is -2.08. The van der Waals surface area contributed by atoms with Gasteiger partial charge in [0.1, 0.15) is 12.2 Å². The lowest BCUT2D eigenvalue weighted by atomic mass is 10.2. The summed E-state index contributed by atoms with van der Waals surface area (Å²) >= 11 is 0. The minimum atomic E-state index is -0.755. The highest BCUT2D eigenvalue weighted by Gasteiger charge is 2.05. The van der Waals surface area contributed by atoms with Crippen LogP contribution in [-0.4, -0.2) is 32.4 Å². The monoisotopic (exact) mass is 240 g/mol. The normalized spacial score (nSPS) is 11.0. The minimum absolute atomic E-state index is 0.200. The van der Waals surface area contributed by atoms with E-state index in [0.29, 0.717) is 25.4 Å². The van der Waals surface area contributed by atoms with Gasteiger partial charge in [-0.1, -0.05) is 13.8 Å². The summed E-state index contributed by atoms with van der Waals surface area (Å²) < 4.78 is 1.88. The smallest absolute Gasteiger partial charge is 0.303 e. The largest absolute Gasteiger partial charge is 0.481 e. The fourth-order valence-corrected chi connectivity index (χ4v) is 1.49. The van der Waals surface area contributed by atoms with Crippen molar-refractivity contribution in [3.63, 3.8) is 0 Å². The van der Waals surface area contributed by atoms with Gasteiger partial charge in [0.05, 0.1) is 6.54 Å². The lowest BCUT2D eigenvalue weighted by molar-refractivity contribution is -0.137. The number of hydrogen-bond acceptors (Lipinski definition) is 4. The molecule has 6 heteroatoms. The maximum atomic E-state index is 10.3. The molecule has 17 heavy (non-hydrogen) atoms. The van der Waals surface area contributed by atoms with Crippen LogP contribution in [0.1, 0.15) is 32.5 Å². The number of nitrogens with zero attached hydrogens (tertiary/aromatic N) is 3. The van der Waals surface area contributed by atoms with E-state index < -0.39 is 5.97 Å². The van der Waals surface area contributed by atoms with Crippen LogP contribution in [0.5, 0.6) is 0 Å². The van der Waals surface area contributed by atoms with Crippen LogP contribution < -0.4 is 5.32 Å². The van der Waals surface area contributed by atoms with Crippen LogP contribution in [0.4, 0.5) is 0 Å². The quantitative estimate of drug-likeness (QED) is 0.660. The Morgan fingerprint density at radius 2 is 2.35 bits per heavy atom. The molecule has 2 N–H and O–H groups in total. The Balaban J connectivity index is 2.26. The summed E-state index contributed by atoms with van der Waals surface area (Å²) in [6.07, 6.45) is 2.38. The Kier molecular flexibility index (Phi) is 5.62. The van der Waals surface area contributed by atoms with Crippen LogP contribution in [0.25, 0.3) is 0 Å². The predicted molar refractivity (Wildman–Crippen MR) is 63.4 cm³/mol. The van der Waals surface area contributed by atoms with E-state index in [-0.39, 0.29) is 6.42 Å². The summed E-state index contributed by atoms with van der Waals surface area (Å²) in [4.78, 5) is 14.5. The van der Waals surface area contributed by atoms with Gasteiger partial charge in [0.2, 0.25) is 0 Å². The number of carboxylic acid groups (broad SMARTS) is 1. The number of carboxylic acids is 1. The molecule has 1 heterocycles. The average molecular weight is 240 g/mol. The zero-order valence-electron chi connectivity index (χ0n) is 10.4. The van der Waals surface area contributed by atoms with Crippen molar-refractivity contribution in [1.82, 2.24) is 20.1 Å². The third-order valence-electron chi connectivity index (χ3n) is 2.26. The van der Waals surface area contributed by atoms with Gasteiger partial charge in [0.25, 0.3) is 0 Å². The average Bonchev–Trinajstić information content (AvgIpc) is 2.64. The molecule has 0 amide bonds. The molecule has 0 saturated carbocycles. The number of rotatable bonds is 8. The molecule has 0 unspecified atom stereocenters. The molecule has 6 nitrogen and oxygen atoms in total. The van der Waals surface area contributed by atoms with Crippen molar-refractivity contribution in [1.29, 1.82) is 0 Å². The van der Waals surface area contributed by atoms with E-state index >= 15 is 0 Å². The fraction of sp³-hybridized carbons (Fsp3) is 0.727. The Labute approximate surface area is 101 Å². The Morgan fingerprint density at radius 1 is 1.59 bits per heavy atom.